The molecule has 0 saturated heterocycles. The molecule has 0 unspecified atom stereocenters. The zero-order valence-corrected chi connectivity index (χ0v) is 18.3. The van der Waals surface area contributed by atoms with Crippen LogP contribution >= 0.6 is 11.8 Å². The topological polar surface area (TPSA) is 115 Å². The monoisotopic (exact) mass is 473 g/mol. The second-order valence-corrected chi connectivity index (χ2v) is 7.71. The summed E-state index contributed by atoms with van der Waals surface area (Å²) < 4.78 is 45.6. The molecule has 0 spiro atoms. The Kier molecular flexibility index (Phi) is 6.09. The summed E-state index contributed by atoms with van der Waals surface area (Å²) in [7, 11) is 0. The SMILES string of the molecule is CSc1nc(N)cc(Oc2ccc(-c3nnc(Nc4cc(C)ccc4C(F)(F)F)[nH]3)cc2)n1. The Morgan fingerprint density at radius 2 is 1.79 bits per heavy atom. The van der Waals surface area contributed by atoms with Crippen LogP contribution in [-0.4, -0.2) is 31.4 Å². The maximum absolute atomic E-state index is 13.3. The molecule has 4 N–H and O–H groups in total. The number of hydrogen-bond donors (Lipinski definition) is 3. The van der Waals surface area contributed by atoms with E-state index >= 15 is 0 Å². The molecular formula is C21H18F3N7OS. The van der Waals surface area contributed by atoms with Crippen LogP contribution in [-0.2, 0) is 6.18 Å². The van der Waals surface area contributed by atoms with E-state index < -0.39 is 11.7 Å². The number of nitrogens with one attached hydrogen (secondary N) is 2. The minimum atomic E-state index is -4.50. The van der Waals surface area contributed by atoms with E-state index in [4.69, 9.17) is 10.5 Å². The van der Waals surface area contributed by atoms with Gasteiger partial charge in [-0.3, -0.25) is 0 Å². The number of nitrogen functional groups attached to an aromatic ring is 1. The van der Waals surface area contributed by atoms with E-state index in [0.717, 1.165) is 6.07 Å². The first-order chi connectivity index (χ1) is 15.7. The summed E-state index contributed by atoms with van der Waals surface area (Å²) in [5, 5.41) is 11.1. The second kappa shape index (κ2) is 8.98. The number of aromatic amines is 1. The van der Waals surface area contributed by atoms with E-state index in [9.17, 15) is 13.2 Å². The van der Waals surface area contributed by atoms with Crippen LogP contribution in [0.4, 0.5) is 30.6 Å². The smallest absolute Gasteiger partial charge is 0.418 e. The van der Waals surface area contributed by atoms with Crippen molar-refractivity contribution >= 4 is 29.2 Å². The highest BCUT2D eigenvalue weighted by Gasteiger charge is 2.33. The van der Waals surface area contributed by atoms with Gasteiger partial charge in [0, 0.05) is 11.6 Å². The minimum absolute atomic E-state index is 0.0856. The summed E-state index contributed by atoms with van der Waals surface area (Å²) in [6.45, 7) is 1.71. The van der Waals surface area contributed by atoms with Crippen LogP contribution < -0.4 is 15.8 Å². The molecule has 4 rings (SSSR count). The number of thioether (sulfide) groups is 1. The number of nitrogens with two attached hydrogens (primary N) is 1. The van der Waals surface area contributed by atoms with Gasteiger partial charge in [0.15, 0.2) is 11.0 Å². The highest BCUT2D eigenvalue weighted by atomic mass is 32.2. The third kappa shape index (κ3) is 5.34. The van der Waals surface area contributed by atoms with Gasteiger partial charge < -0.3 is 20.8 Å². The fraction of sp³-hybridized carbons (Fsp3) is 0.143. The Morgan fingerprint density at radius 3 is 2.48 bits per heavy atom. The molecule has 33 heavy (non-hydrogen) atoms. The average molecular weight is 473 g/mol. The van der Waals surface area contributed by atoms with Crippen molar-refractivity contribution in [1.29, 1.82) is 0 Å². The number of aromatic nitrogens is 5. The Bertz CT molecular complexity index is 1280. The first kappa shape index (κ1) is 22.4. The molecule has 0 bridgehead atoms. The Morgan fingerprint density at radius 1 is 1.03 bits per heavy atom. The standard InChI is InChI=1S/C21H18F3N7OS/c1-11-3-8-14(21(22,23)24)15(9-11)26-19-29-18(30-31-19)12-4-6-13(7-5-12)32-17-10-16(25)27-20(28-17)33-2/h3-10H,1-2H3,(H2,25,27,28)(H2,26,29,30,31). The summed E-state index contributed by atoms with van der Waals surface area (Å²) in [5.74, 6) is 1.58. The summed E-state index contributed by atoms with van der Waals surface area (Å²) in [6, 6.07) is 12.2. The molecule has 0 amide bonds. The Labute approximate surface area is 190 Å². The van der Waals surface area contributed by atoms with Crippen LogP contribution in [0.3, 0.4) is 0 Å². The van der Waals surface area contributed by atoms with Gasteiger partial charge in [-0.25, -0.2) is 4.98 Å². The molecule has 2 aromatic heterocycles. The lowest BCUT2D eigenvalue weighted by molar-refractivity contribution is -0.136. The average Bonchev–Trinajstić information content (AvgIpc) is 3.21. The van der Waals surface area contributed by atoms with Gasteiger partial charge in [-0.15, -0.1) is 10.2 Å². The molecule has 170 valence electrons. The lowest BCUT2D eigenvalue weighted by Crippen LogP contribution is -2.09. The normalized spacial score (nSPS) is 11.4. The molecule has 4 aromatic rings. The number of anilines is 3. The third-order valence-corrected chi connectivity index (χ3v) is 5.00. The number of H-pyrrole nitrogens is 1. The van der Waals surface area contributed by atoms with Gasteiger partial charge in [-0.1, -0.05) is 17.8 Å². The van der Waals surface area contributed by atoms with E-state index in [0.29, 0.717) is 39.6 Å². The molecule has 0 fully saturated rings. The number of aryl methyl sites for hydroxylation is 1. The van der Waals surface area contributed by atoms with E-state index in [1.807, 2.05) is 6.26 Å². The van der Waals surface area contributed by atoms with Crippen molar-refractivity contribution in [3.05, 3.63) is 59.7 Å². The Hall–Kier alpha value is -3.80. The molecule has 2 aromatic carbocycles. The molecule has 2 heterocycles. The van der Waals surface area contributed by atoms with E-state index in [1.54, 1.807) is 31.2 Å². The summed E-state index contributed by atoms with van der Waals surface area (Å²) >= 11 is 1.34. The van der Waals surface area contributed by atoms with Gasteiger partial charge in [-0.05, 0) is 55.1 Å². The number of rotatable bonds is 6. The van der Waals surface area contributed by atoms with Gasteiger partial charge in [0.1, 0.15) is 11.6 Å². The first-order valence-electron chi connectivity index (χ1n) is 9.55. The Balaban J connectivity index is 1.51. The van der Waals surface area contributed by atoms with Crippen molar-refractivity contribution in [2.45, 2.75) is 18.3 Å². The maximum Gasteiger partial charge on any atom is 0.418 e. The summed E-state index contributed by atoms with van der Waals surface area (Å²) in [5.41, 5.74) is 6.20. The van der Waals surface area contributed by atoms with Crippen LogP contribution in [0, 0.1) is 6.92 Å². The van der Waals surface area contributed by atoms with Crippen molar-refractivity contribution in [2.75, 3.05) is 17.3 Å². The summed E-state index contributed by atoms with van der Waals surface area (Å²) in [4.78, 5) is 11.2. The van der Waals surface area contributed by atoms with Gasteiger partial charge in [0.2, 0.25) is 11.8 Å². The van der Waals surface area contributed by atoms with Crippen molar-refractivity contribution in [3.8, 4) is 23.0 Å². The molecule has 0 saturated carbocycles. The first-order valence-corrected chi connectivity index (χ1v) is 10.8. The molecule has 0 aliphatic heterocycles. The van der Waals surface area contributed by atoms with Crippen molar-refractivity contribution < 1.29 is 17.9 Å². The molecule has 0 aliphatic rings. The fourth-order valence-electron chi connectivity index (χ4n) is 2.95. The van der Waals surface area contributed by atoms with Crippen LogP contribution in [0.25, 0.3) is 11.4 Å². The van der Waals surface area contributed by atoms with Crippen molar-refractivity contribution in [1.82, 2.24) is 25.1 Å². The van der Waals surface area contributed by atoms with Crippen LogP contribution in [0.15, 0.2) is 53.7 Å². The number of hydrogen-bond acceptors (Lipinski definition) is 8. The lowest BCUT2D eigenvalue weighted by atomic mass is 10.1. The summed E-state index contributed by atoms with van der Waals surface area (Å²) in [6.07, 6.45) is -2.67. The van der Waals surface area contributed by atoms with E-state index in [1.165, 1.54) is 30.0 Å². The lowest BCUT2D eigenvalue weighted by Gasteiger charge is -2.13. The molecule has 0 atom stereocenters. The highest BCUT2D eigenvalue weighted by Crippen LogP contribution is 2.36. The van der Waals surface area contributed by atoms with Gasteiger partial charge >= 0.3 is 6.18 Å². The van der Waals surface area contributed by atoms with Crippen molar-refractivity contribution in [2.24, 2.45) is 0 Å². The number of ether oxygens (including phenoxy) is 1. The quantitative estimate of drug-likeness (QED) is 0.251. The highest BCUT2D eigenvalue weighted by molar-refractivity contribution is 7.98. The molecule has 0 aliphatic carbocycles. The zero-order chi connectivity index (χ0) is 23.6. The zero-order valence-electron chi connectivity index (χ0n) is 17.4. The van der Waals surface area contributed by atoms with Gasteiger partial charge in [0.25, 0.3) is 0 Å². The number of nitrogens with zero attached hydrogens (tertiary/aromatic N) is 4. The van der Waals surface area contributed by atoms with E-state index in [2.05, 4.69) is 30.5 Å². The molecule has 8 nitrogen and oxygen atoms in total. The van der Waals surface area contributed by atoms with Gasteiger partial charge in [0.05, 0.1) is 11.3 Å². The van der Waals surface area contributed by atoms with Crippen LogP contribution in [0.1, 0.15) is 11.1 Å². The predicted molar refractivity (Wildman–Crippen MR) is 120 cm³/mol. The number of halogens is 3. The van der Waals surface area contributed by atoms with Crippen LogP contribution in [0.5, 0.6) is 11.6 Å². The van der Waals surface area contributed by atoms with Crippen LogP contribution in [0.2, 0.25) is 0 Å². The fourth-order valence-corrected chi connectivity index (χ4v) is 3.33. The van der Waals surface area contributed by atoms with Gasteiger partial charge in [-0.2, -0.15) is 18.2 Å². The maximum atomic E-state index is 13.3. The third-order valence-electron chi connectivity index (χ3n) is 4.46. The molecular weight excluding hydrogens is 455 g/mol. The predicted octanol–water partition coefficient (Wildman–Crippen LogP) is 5.43. The number of benzene rings is 2. The largest absolute Gasteiger partial charge is 0.439 e. The minimum Gasteiger partial charge on any atom is -0.439 e. The van der Waals surface area contributed by atoms with Crippen molar-refractivity contribution in [3.63, 3.8) is 0 Å². The molecule has 0 radical (unpaired) electrons. The molecule has 12 heteroatoms. The number of alkyl halides is 3. The second-order valence-electron chi connectivity index (χ2n) is 6.94. The van der Waals surface area contributed by atoms with E-state index in [-0.39, 0.29) is 11.6 Å².